The molecule has 188 valence electrons. The molecule has 10 nitrogen and oxygen atoms in total. The van der Waals surface area contributed by atoms with Gasteiger partial charge in [0.25, 0.3) is 0 Å². The number of carboxylic acid groups (broad SMARTS) is 1. The van der Waals surface area contributed by atoms with Gasteiger partial charge in [-0.3, -0.25) is 4.79 Å². The van der Waals surface area contributed by atoms with Crippen molar-refractivity contribution in [2.75, 3.05) is 7.11 Å². The van der Waals surface area contributed by atoms with E-state index in [-0.39, 0.29) is 28.2 Å². The van der Waals surface area contributed by atoms with Crippen LogP contribution in [0.2, 0.25) is 0 Å². The molecule has 36 heavy (non-hydrogen) atoms. The van der Waals surface area contributed by atoms with Gasteiger partial charge < -0.3 is 39.7 Å². The number of benzene rings is 3. The van der Waals surface area contributed by atoms with Crippen LogP contribution in [0.25, 0.3) is 10.8 Å². The largest absolute Gasteiger partial charge is 0.496 e. The Morgan fingerprint density at radius 3 is 2.42 bits per heavy atom. The average molecular weight is 496 g/mol. The van der Waals surface area contributed by atoms with Crippen LogP contribution in [-0.2, 0) is 9.53 Å². The quantitative estimate of drug-likeness (QED) is 0.353. The first kappa shape index (κ1) is 24.2. The zero-order chi connectivity index (χ0) is 25.9. The smallest absolute Gasteiger partial charge is 0.335 e. The van der Waals surface area contributed by atoms with Crippen LogP contribution < -0.4 is 9.47 Å². The SMILES string of the molecule is COc1cccc2c1C(=O)c1ccc3cc(C)cc(O[C@@H]4O[C@H](C(=O)O)[C@@H](O)[C@H](O)[C@H]4O)c3c1[C@@H]2O. The molecule has 0 aromatic heterocycles. The number of ether oxygens (including phenoxy) is 3. The highest BCUT2D eigenvalue weighted by molar-refractivity contribution is 6.17. The molecule has 1 aliphatic heterocycles. The summed E-state index contributed by atoms with van der Waals surface area (Å²) in [5.74, 6) is -1.47. The van der Waals surface area contributed by atoms with Gasteiger partial charge in [-0.05, 0) is 35.6 Å². The molecule has 6 atom stereocenters. The number of carbonyl (C=O) groups excluding carboxylic acids is 1. The standard InChI is InChI=1S/C26H24O10/c1-10-8-11-6-7-13-18(20(28)12-4-3-5-14(34-2)17(12)19(13)27)16(11)15(9-10)35-26-23(31)21(29)22(30)24(36-26)25(32)33/h3-9,20-24,26,28-31H,1-2H3,(H,32,33)/t20-,21+,22+,23-,24+,26-/m1/s1. The number of ketones is 1. The number of rotatable bonds is 4. The maximum atomic E-state index is 13.5. The van der Waals surface area contributed by atoms with Crippen molar-refractivity contribution in [3.05, 3.63) is 70.3 Å². The summed E-state index contributed by atoms with van der Waals surface area (Å²) in [6.45, 7) is 1.78. The van der Waals surface area contributed by atoms with Gasteiger partial charge >= 0.3 is 5.97 Å². The summed E-state index contributed by atoms with van der Waals surface area (Å²) in [7, 11) is 1.44. The number of aliphatic carboxylic acids is 1. The molecule has 3 aromatic rings. The Morgan fingerprint density at radius 1 is 0.972 bits per heavy atom. The van der Waals surface area contributed by atoms with Gasteiger partial charge in [0.1, 0.15) is 35.9 Å². The van der Waals surface area contributed by atoms with Crippen molar-refractivity contribution in [3.8, 4) is 11.5 Å². The summed E-state index contributed by atoms with van der Waals surface area (Å²) in [6.07, 6.45) is -10.2. The van der Waals surface area contributed by atoms with Crippen LogP contribution in [0.4, 0.5) is 0 Å². The Bertz CT molecular complexity index is 1380. The van der Waals surface area contributed by atoms with E-state index >= 15 is 0 Å². The first-order chi connectivity index (χ1) is 17.1. The minimum atomic E-state index is -1.87. The molecule has 5 rings (SSSR count). The molecule has 3 aromatic carbocycles. The molecule has 0 radical (unpaired) electrons. The fourth-order valence-electron chi connectivity index (χ4n) is 4.93. The minimum absolute atomic E-state index is 0.0943. The molecule has 0 saturated carbocycles. The third kappa shape index (κ3) is 3.62. The maximum Gasteiger partial charge on any atom is 0.335 e. The molecule has 0 amide bonds. The Balaban J connectivity index is 1.66. The Labute approximate surface area is 204 Å². The van der Waals surface area contributed by atoms with Crippen LogP contribution >= 0.6 is 0 Å². The summed E-state index contributed by atoms with van der Waals surface area (Å²) < 4.78 is 16.5. The van der Waals surface area contributed by atoms with E-state index in [1.54, 1.807) is 43.3 Å². The van der Waals surface area contributed by atoms with Gasteiger partial charge in [0.2, 0.25) is 6.29 Å². The first-order valence-corrected chi connectivity index (χ1v) is 11.2. The minimum Gasteiger partial charge on any atom is -0.496 e. The van der Waals surface area contributed by atoms with E-state index in [4.69, 9.17) is 14.2 Å². The van der Waals surface area contributed by atoms with Crippen LogP contribution in [0, 0.1) is 6.92 Å². The van der Waals surface area contributed by atoms with Gasteiger partial charge in [-0.2, -0.15) is 0 Å². The van der Waals surface area contributed by atoms with Gasteiger partial charge in [-0.15, -0.1) is 0 Å². The number of carboxylic acids is 1. The molecular weight excluding hydrogens is 472 g/mol. The van der Waals surface area contributed by atoms with Gasteiger partial charge in [0.15, 0.2) is 11.9 Å². The van der Waals surface area contributed by atoms with E-state index in [0.29, 0.717) is 22.1 Å². The van der Waals surface area contributed by atoms with Crippen LogP contribution in [-0.4, -0.2) is 75.1 Å². The summed E-state index contributed by atoms with van der Waals surface area (Å²) in [5, 5.41) is 52.4. The number of hydrogen-bond donors (Lipinski definition) is 5. The zero-order valence-corrected chi connectivity index (χ0v) is 19.3. The van der Waals surface area contributed by atoms with Crippen LogP contribution in [0.1, 0.15) is 38.7 Å². The molecule has 0 spiro atoms. The predicted octanol–water partition coefficient (Wildman–Crippen LogP) is 1.05. The van der Waals surface area contributed by atoms with Gasteiger partial charge in [-0.1, -0.05) is 30.3 Å². The average Bonchev–Trinajstić information content (AvgIpc) is 2.86. The van der Waals surface area contributed by atoms with Crippen LogP contribution in [0.3, 0.4) is 0 Å². The fraction of sp³-hybridized carbons (Fsp3) is 0.308. The lowest BCUT2D eigenvalue weighted by Gasteiger charge is -2.38. The highest BCUT2D eigenvalue weighted by Crippen LogP contribution is 2.45. The van der Waals surface area contributed by atoms with E-state index in [1.807, 2.05) is 6.07 Å². The molecule has 0 unspecified atom stereocenters. The van der Waals surface area contributed by atoms with E-state index in [0.717, 1.165) is 5.56 Å². The molecule has 1 aliphatic carbocycles. The first-order valence-electron chi connectivity index (χ1n) is 11.2. The second kappa shape index (κ2) is 8.84. The lowest BCUT2D eigenvalue weighted by atomic mass is 9.80. The second-order valence-corrected chi connectivity index (χ2v) is 8.90. The molecule has 1 saturated heterocycles. The molecule has 1 fully saturated rings. The van der Waals surface area contributed by atoms with E-state index in [2.05, 4.69) is 0 Å². The van der Waals surface area contributed by atoms with Crippen LogP contribution in [0.5, 0.6) is 11.5 Å². The molecule has 5 N–H and O–H groups in total. The number of hydrogen-bond acceptors (Lipinski definition) is 9. The molecular formula is C26H24O10. The third-order valence-electron chi connectivity index (χ3n) is 6.64. The van der Waals surface area contributed by atoms with Crippen molar-refractivity contribution < 1.29 is 49.3 Å². The molecule has 1 heterocycles. The Kier molecular flexibility index (Phi) is 5.93. The maximum absolute atomic E-state index is 13.5. The highest BCUT2D eigenvalue weighted by atomic mass is 16.7. The van der Waals surface area contributed by atoms with Gasteiger partial charge in [0.05, 0.1) is 12.7 Å². The number of aliphatic hydroxyl groups is 4. The lowest BCUT2D eigenvalue weighted by Crippen LogP contribution is -2.61. The van der Waals surface area contributed by atoms with Crippen molar-refractivity contribution in [1.82, 2.24) is 0 Å². The van der Waals surface area contributed by atoms with Crippen molar-refractivity contribution in [1.29, 1.82) is 0 Å². The van der Waals surface area contributed by atoms with Crippen molar-refractivity contribution in [2.45, 2.75) is 43.7 Å². The monoisotopic (exact) mass is 496 g/mol. The van der Waals surface area contributed by atoms with Crippen molar-refractivity contribution in [3.63, 3.8) is 0 Å². The number of carbonyl (C=O) groups is 2. The topological polar surface area (TPSA) is 163 Å². The van der Waals surface area contributed by atoms with Crippen molar-refractivity contribution in [2.24, 2.45) is 0 Å². The van der Waals surface area contributed by atoms with Crippen LogP contribution in [0.15, 0.2) is 42.5 Å². The second-order valence-electron chi connectivity index (χ2n) is 8.90. The highest BCUT2D eigenvalue weighted by Gasteiger charge is 2.48. The third-order valence-corrected chi connectivity index (χ3v) is 6.64. The van der Waals surface area contributed by atoms with Gasteiger partial charge in [0, 0.05) is 16.5 Å². The number of aliphatic hydroxyl groups excluding tert-OH is 4. The molecule has 0 bridgehead atoms. The number of aryl methyl sites for hydroxylation is 1. The van der Waals surface area contributed by atoms with Crippen molar-refractivity contribution >= 4 is 22.5 Å². The van der Waals surface area contributed by atoms with E-state index in [9.17, 15) is 35.1 Å². The molecule has 10 heteroatoms. The summed E-state index contributed by atoms with van der Waals surface area (Å²) in [6, 6.07) is 11.6. The lowest BCUT2D eigenvalue weighted by molar-refractivity contribution is -0.270. The molecule has 2 aliphatic rings. The summed E-state index contributed by atoms with van der Waals surface area (Å²) in [4.78, 5) is 25.0. The normalized spacial score (nSPS) is 27.3. The number of methoxy groups -OCH3 is 1. The van der Waals surface area contributed by atoms with E-state index in [1.165, 1.54) is 7.11 Å². The fourth-order valence-corrected chi connectivity index (χ4v) is 4.93. The summed E-state index contributed by atoms with van der Waals surface area (Å²) in [5.41, 5.74) is 1.83. The summed E-state index contributed by atoms with van der Waals surface area (Å²) >= 11 is 0. The number of fused-ring (bicyclic) bond motifs is 4. The Morgan fingerprint density at radius 2 is 1.72 bits per heavy atom. The zero-order valence-electron chi connectivity index (χ0n) is 19.3. The van der Waals surface area contributed by atoms with Gasteiger partial charge in [-0.25, -0.2) is 4.79 Å². The van der Waals surface area contributed by atoms with E-state index < -0.39 is 42.8 Å². The predicted molar refractivity (Wildman–Crippen MR) is 124 cm³/mol. The Hall–Kier alpha value is -3.54.